The van der Waals surface area contributed by atoms with Gasteiger partial charge in [-0.3, -0.25) is 4.79 Å². The van der Waals surface area contributed by atoms with Crippen LogP contribution in [0, 0.1) is 5.82 Å². The van der Waals surface area contributed by atoms with Crippen molar-refractivity contribution in [2.75, 3.05) is 0 Å². The van der Waals surface area contributed by atoms with Crippen LogP contribution in [0.4, 0.5) is 4.39 Å². The summed E-state index contributed by atoms with van der Waals surface area (Å²) in [4.78, 5) is 15.3. The molecule has 0 spiro atoms. The van der Waals surface area contributed by atoms with Crippen molar-refractivity contribution in [2.24, 2.45) is 0 Å². The average molecular weight is 324 g/mol. The molecule has 0 radical (unpaired) electrons. The van der Waals surface area contributed by atoms with Crippen LogP contribution in [0.15, 0.2) is 54.7 Å². The molecular formula is C20H21FN2O. The fourth-order valence-corrected chi connectivity index (χ4v) is 2.93. The lowest BCUT2D eigenvalue weighted by atomic mass is 10.1. The Bertz CT molecular complexity index is 823. The van der Waals surface area contributed by atoms with Crippen molar-refractivity contribution in [3.63, 3.8) is 0 Å². The van der Waals surface area contributed by atoms with Crippen LogP contribution in [0.5, 0.6) is 0 Å². The molecule has 0 saturated heterocycles. The Balaban J connectivity index is 1.49. The van der Waals surface area contributed by atoms with E-state index in [0.29, 0.717) is 6.42 Å². The van der Waals surface area contributed by atoms with E-state index < -0.39 is 0 Å². The maximum Gasteiger partial charge on any atom is 0.220 e. The summed E-state index contributed by atoms with van der Waals surface area (Å²) in [5.41, 5.74) is 3.27. The summed E-state index contributed by atoms with van der Waals surface area (Å²) in [7, 11) is 0. The highest BCUT2D eigenvalue weighted by Gasteiger charge is 2.10. The van der Waals surface area contributed by atoms with Gasteiger partial charge in [0.2, 0.25) is 5.91 Å². The number of fused-ring (bicyclic) bond motifs is 1. The van der Waals surface area contributed by atoms with E-state index in [9.17, 15) is 9.18 Å². The molecule has 0 aliphatic carbocycles. The molecule has 2 N–H and O–H groups in total. The smallest absolute Gasteiger partial charge is 0.220 e. The standard InChI is InChI=1S/C20H21FN2O/c1-14(15-9-11-17(21)12-10-15)23-20(24)8-4-5-16-13-22-19-7-3-2-6-18(16)19/h2-3,6-7,9-14,22H,4-5,8H2,1H3,(H,23,24)/t14-/m0/s1. The van der Waals surface area contributed by atoms with Gasteiger partial charge in [-0.25, -0.2) is 4.39 Å². The van der Waals surface area contributed by atoms with Crippen molar-refractivity contribution in [2.45, 2.75) is 32.2 Å². The zero-order valence-electron chi connectivity index (χ0n) is 13.7. The molecule has 3 rings (SSSR count). The van der Waals surface area contributed by atoms with Gasteiger partial charge in [-0.1, -0.05) is 30.3 Å². The molecule has 0 aliphatic rings. The summed E-state index contributed by atoms with van der Waals surface area (Å²) in [6.45, 7) is 1.91. The number of H-pyrrole nitrogens is 1. The first-order valence-corrected chi connectivity index (χ1v) is 8.23. The normalized spacial score (nSPS) is 12.2. The summed E-state index contributed by atoms with van der Waals surface area (Å²) >= 11 is 0. The molecule has 124 valence electrons. The van der Waals surface area contributed by atoms with Crippen LogP contribution in [0.1, 0.15) is 36.9 Å². The number of halogens is 1. The van der Waals surface area contributed by atoms with Crippen molar-refractivity contribution >= 4 is 16.8 Å². The number of aromatic nitrogens is 1. The minimum absolute atomic E-state index is 0.0201. The van der Waals surface area contributed by atoms with Crippen molar-refractivity contribution in [1.82, 2.24) is 10.3 Å². The highest BCUT2D eigenvalue weighted by Crippen LogP contribution is 2.19. The molecule has 4 heteroatoms. The Morgan fingerprint density at radius 2 is 1.92 bits per heavy atom. The number of rotatable bonds is 6. The summed E-state index contributed by atoms with van der Waals surface area (Å²) in [6, 6.07) is 14.3. The van der Waals surface area contributed by atoms with Crippen LogP contribution in [0.2, 0.25) is 0 Å². The fourth-order valence-electron chi connectivity index (χ4n) is 2.93. The molecule has 0 bridgehead atoms. The molecule has 1 amide bonds. The monoisotopic (exact) mass is 324 g/mol. The fraction of sp³-hybridized carbons (Fsp3) is 0.250. The lowest BCUT2D eigenvalue weighted by Gasteiger charge is -2.14. The van der Waals surface area contributed by atoms with Gasteiger partial charge in [0.25, 0.3) is 0 Å². The van der Waals surface area contributed by atoms with Crippen LogP contribution in [0.3, 0.4) is 0 Å². The quantitative estimate of drug-likeness (QED) is 0.688. The number of aromatic amines is 1. The number of carbonyl (C=O) groups is 1. The molecule has 1 aromatic heterocycles. The third-order valence-electron chi connectivity index (χ3n) is 4.27. The Kier molecular flexibility index (Phi) is 4.94. The zero-order chi connectivity index (χ0) is 16.9. The van der Waals surface area contributed by atoms with E-state index in [1.165, 1.54) is 23.1 Å². The van der Waals surface area contributed by atoms with Crippen LogP contribution >= 0.6 is 0 Å². The minimum Gasteiger partial charge on any atom is -0.361 e. The minimum atomic E-state index is -0.268. The van der Waals surface area contributed by atoms with Gasteiger partial charge in [-0.15, -0.1) is 0 Å². The highest BCUT2D eigenvalue weighted by atomic mass is 19.1. The van der Waals surface area contributed by atoms with Crippen molar-refractivity contribution < 1.29 is 9.18 Å². The van der Waals surface area contributed by atoms with Crippen molar-refractivity contribution in [3.05, 3.63) is 71.7 Å². The highest BCUT2D eigenvalue weighted by molar-refractivity contribution is 5.83. The third-order valence-corrected chi connectivity index (χ3v) is 4.27. The van der Waals surface area contributed by atoms with E-state index >= 15 is 0 Å². The van der Waals surface area contributed by atoms with E-state index in [-0.39, 0.29) is 17.8 Å². The largest absolute Gasteiger partial charge is 0.361 e. The van der Waals surface area contributed by atoms with Gasteiger partial charge in [-0.05, 0) is 49.1 Å². The Labute approximate surface area is 140 Å². The summed E-state index contributed by atoms with van der Waals surface area (Å²) < 4.78 is 12.9. The lowest BCUT2D eigenvalue weighted by molar-refractivity contribution is -0.121. The number of carbonyl (C=O) groups excluding carboxylic acids is 1. The predicted molar refractivity (Wildman–Crippen MR) is 94.2 cm³/mol. The first kappa shape index (κ1) is 16.2. The van der Waals surface area contributed by atoms with E-state index in [1.54, 1.807) is 12.1 Å². The summed E-state index contributed by atoms with van der Waals surface area (Å²) in [5, 5.41) is 4.18. The van der Waals surface area contributed by atoms with Gasteiger partial charge in [0.1, 0.15) is 5.82 Å². The second kappa shape index (κ2) is 7.30. The lowest BCUT2D eigenvalue weighted by Crippen LogP contribution is -2.26. The Morgan fingerprint density at radius 1 is 1.17 bits per heavy atom. The molecule has 24 heavy (non-hydrogen) atoms. The molecular weight excluding hydrogens is 303 g/mol. The number of hydrogen-bond acceptors (Lipinski definition) is 1. The molecule has 0 fully saturated rings. The van der Waals surface area contributed by atoms with Crippen LogP contribution in [0.25, 0.3) is 10.9 Å². The average Bonchev–Trinajstić information content (AvgIpc) is 2.99. The van der Waals surface area contributed by atoms with Gasteiger partial charge >= 0.3 is 0 Å². The molecule has 1 atom stereocenters. The third kappa shape index (κ3) is 3.82. The number of benzene rings is 2. The number of para-hydroxylation sites is 1. The summed E-state index contributed by atoms with van der Waals surface area (Å²) in [5.74, 6) is -0.248. The number of aryl methyl sites for hydroxylation is 1. The van der Waals surface area contributed by atoms with Gasteiger partial charge < -0.3 is 10.3 Å². The van der Waals surface area contributed by atoms with Gasteiger partial charge in [0.15, 0.2) is 0 Å². The zero-order valence-corrected chi connectivity index (χ0v) is 13.7. The topological polar surface area (TPSA) is 44.9 Å². The molecule has 0 saturated carbocycles. The first-order valence-electron chi connectivity index (χ1n) is 8.23. The van der Waals surface area contributed by atoms with Gasteiger partial charge in [-0.2, -0.15) is 0 Å². The predicted octanol–water partition coefficient (Wildman–Crippen LogP) is 4.51. The van der Waals surface area contributed by atoms with E-state index in [1.807, 2.05) is 25.3 Å². The number of nitrogens with one attached hydrogen (secondary N) is 2. The molecule has 2 aromatic carbocycles. The molecule has 3 aromatic rings. The molecule has 1 heterocycles. The second-order valence-electron chi connectivity index (χ2n) is 6.05. The molecule has 3 nitrogen and oxygen atoms in total. The number of amides is 1. The van der Waals surface area contributed by atoms with E-state index in [0.717, 1.165) is 23.9 Å². The van der Waals surface area contributed by atoms with Gasteiger partial charge in [0.05, 0.1) is 6.04 Å². The second-order valence-corrected chi connectivity index (χ2v) is 6.05. The number of hydrogen-bond donors (Lipinski definition) is 2. The summed E-state index contributed by atoms with van der Waals surface area (Å²) in [6.07, 6.45) is 4.15. The maximum atomic E-state index is 12.9. The van der Waals surface area contributed by atoms with Crippen LogP contribution < -0.4 is 5.32 Å². The van der Waals surface area contributed by atoms with E-state index in [2.05, 4.69) is 22.4 Å². The van der Waals surface area contributed by atoms with Crippen molar-refractivity contribution in [1.29, 1.82) is 0 Å². The van der Waals surface area contributed by atoms with Crippen LogP contribution in [-0.2, 0) is 11.2 Å². The van der Waals surface area contributed by atoms with E-state index in [4.69, 9.17) is 0 Å². The Morgan fingerprint density at radius 3 is 2.71 bits per heavy atom. The maximum absolute atomic E-state index is 12.9. The van der Waals surface area contributed by atoms with Crippen LogP contribution in [-0.4, -0.2) is 10.9 Å². The Hall–Kier alpha value is -2.62. The molecule has 0 aliphatic heterocycles. The SMILES string of the molecule is C[C@H](NC(=O)CCCc1c[nH]c2ccccc12)c1ccc(F)cc1. The van der Waals surface area contributed by atoms with Gasteiger partial charge in [0, 0.05) is 23.5 Å². The molecule has 0 unspecified atom stereocenters. The first-order chi connectivity index (χ1) is 11.6. The van der Waals surface area contributed by atoms with Crippen molar-refractivity contribution in [3.8, 4) is 0 Å².